The van der Waals surface area contributed by atoms with Crippen molar-refractivity contribution in [3.05, 3.63) is 74.2 Å². The zero-order valence-corrected chi connectivity index (χ0v) is 16.0. The Kier molecular flexibility index (Phi) is 5.76. The first-order valence-corrected chi connectivity index (χ1v) is 9.30. The molecule has 1 fully saturated rings. The number of amides is 2. The number of carbonyl (C=O) groups is 2. The van der Waals surface area contributed by atoms with E-state index in [-0.39, 0.29) is 11.9 Å². The number of benzene rings is 1. The Bertz CT molecular complexity index is 998. The number of rotatable bonds is 8. The summed E-state index contributed by atoms with van der Waals surface area (Å²) < 4.78 is 0.887. The number of aromatic nitrogens is 1. The predicted molar refractivity (Wildman–Crippen MR) is 105 cm³/mol. The highest BCUT2D eigenvalue weighted by atomic mass is 16.6. The average molecular weight is 398 g/mol. The number of pyridine rings is 1. The van der Waals surface area contributed by atoms with Crippen molar-refractivity contribution in [1.82, 2.24) is 9.47 Å². The number of nitrogens with zero attached hydrogens (tertiary/aromatic N) is 3. The number of carbonyl (C=O) groups excluding carboxylic acids is 2. The molecule has 0 radical (unpaired) electrons. The van der Waals surface area contributed by atoms with Gasteiger partial charge in [0.05, 0.1) is 11.1 Å². The second-order valence-electron chi connectivity index (χ2n) is 7.25. The topological polar surface area (TPSA) is 129 Å². The van der Waals surface area contributed by atoms with E-state index >= 15 is 0 Å². The second-order valence-corrected chi connectivity index (χ2v) is 7.25. The van der Waals surface area contributed by atoms with Crippen LogP contribution < -0.4 is 11.3 Å². The summed E-state index contributed by atoms with van der Waals surface area (Å²) in [5, 5.41) is 11.1. The van der Waals surface area contributed by atoms with Gasteiger partial charge in [0.15, 0.2) is 0 Å². The number of nitrogens with two attached hydrogens (primary N) is 1. The van der Waals surface area contributed by atoms with Crippen LogP contribution in [0, 0.1) is 16.0 Å². The van der Waals surface area contributed by atoms with Crippen LogP contribution >= 0.6 is 0 Å². The van der Waals surface area contributed by atoms with Crippen LogP contribution in [-0.4, -0.2) is 32.2 Å². The van der Waals surface area contributed by atoms with Crippen LogP contribution in [0.15, 0.2) is 47.4 Å². The molecule has 0 aliphatic heterocycles. The fourth-order valence-electron chi connectivity index (χ4n) is 3.32. The molecule has 29 heavy (non-hydrogen) atoms. The van der Waals surface area contributed by atoms with Crippen LogP contribution in [0.5, 0.6) is 0 Å². The van der Waals surface area contributed by atoms with Crippen LogP contribution in [0.25, 0.3) is 0 Å². The van der Waals surface area contributed by atoms with Gasteiger partial charge in [-0.3, -0.25) is 29.1 Å². The van der Waals surface area contributed by atoms with Crippen LogP contribution in [0.4, 0.5) is 5.69 Å². The van der Waals surface area contributed by atoms with Crippen LogP contribution in [-0.2, 0) is 17.9 Å². The van der Waals surface area contributed by atoms with Gasteiger partial charge in [0.1, 0.15) is 12.1 Å². The summed E-state index contributed by atoms with van der Waals surface area (Å²) in [5.74, 6) is -1.04. The number of hydrogen-bond donors (Lipinski definition) is 1. The molecular formula is C20H22N4O5. The zero-order valence-electron chi connectivity index (χ0n) is 16.0. The van der Waals surface area contributed by atoms with Gasteiger partial charge in [0.2, 0.25) is 5.91 Å². The van der Waals surface area contributed by atoms with Gasteiger partial charge in [-0.25, -0.2) is 0 Å². The Morgan fingerprint density at radius 3 is 2.52 bits per heavy atom. The van der Waals surface area contributed by atoms with Crippen molar-refractivity contribution < 1.29 is 14.5 Å². The lowest BCUT2D eigenvalue weighted by Crippen LogP contribution is -2.43. The molecule has 1 saturated carbocycles. The lowest BCUT2D eigenvalue weighted by Gasteiger charge is -2.30. The van der Waals surface area contributed by atoms with Crippen molar-refractivity contribution in [1.29, 1.82) is 0 Å². The van der Waals surface area contributed by atoms with Crippen LogP contribution in [0.3, 0.4) is 0 Å². The maximum absolute atomic E-state index is 13.1. The molecule has 9 nitrogen and oxygen atoms in total. The minimum Gasteiger partial charge on any atom is -0.365 e. The minimum atomic E-state index is -1.08. The number of hydrogen-bond acceptors (Lipinski definition) is 5. The van der Waals surface area contributed by atoms with E-state index in [1.165, 1.54) is 0 Å². The molecule has 0 bridgehead atoms. The van der Waals surface area contributed by atoms with Gasteiger partial charge in [-0.05, 0) is 31.2 Å². The molecule has 0 unspecified atom stereocenters. The van der Waals surface area contributed by atoms with Crippen molar-refractivity contribution >= 4 is 17.5 Å². The third kappa shape index (κ3) is 4.68. The Hall–Kier alpha value is -3.49. The van der Waals surface area contributed by atoms with Crippen molar-refractivity contribution in [2.24, 2.45) is 11.7 Å². The Morgan fingerprint density at radius 2 is 1.97 bits per heavy atom. The van der Waals surface area contributed by atoms with Crippen molar-refractivity contribution in [2.45, 2.75) is 38.9 Å². The molecule has 1 aromatic heterocycles. The van der Waals surface area contributed by atoms with Gasteiger partial charge < -0.3 is 10.6 Å². The van der Waals surface area contributed by atoms with Gasteiger partial charge in [0, 0.05) is 18.7 Å². The van der Waals surface area contributed by atoms with Crippen LogP contribution in [0.2, 0.25) is 0 Å². The van der Waals surface area contributed by atoms with E-state index in [9.17, 15) is 24.5 Å². The molecule has 1 atom stereocenters. The number of nitro groups is 1. The van der Waals surface area contributed by atoms with Gasteiger partial charge >= 0.3 is 0 Å². The third-order valence-electron chi connectivity index (χ3n) is 5.17. The first-order valence-electron chi connectivity index (χ1n) is 9.30. The maximum atomic E-state index is 13.1. The van der Waals surface area contributed by atoms with Crippen LogP contribution in [0.1, 0.15) is 35.7 Å². The smallest absolute Gasteiger partial charge is 0.286 e. The van der Waals surface area contributed by atoms with Gasteiger partial charge in [-0.2, -0.15) is 0 Å². The molecule has 1 aliphatic rings. The highest BCUT2D eigenvalue weighted by Crippen LogP contribution is 2.35. The Labute approximate surface area is 166 Å². The third-order valence-corrected chi connectivity index (χ3v) is 5.17. The van der Waals surface area contributed by atoms with Gasteiger partial charge in [0.25, 0.3) is 17.2 Å². The van der Waals surface area contributed by atoms with Gasteiger partial charge in [-0.1, -0.05) is 30.3 Å². The lowest BCUT2D eigenvalue weighted by atomic mass is 10.1. The normalized spacial score (nSPS) is 14.2. The first kappa shape index (κ1) is 20.2. The highest BCUT2D eigenvalue weighted by Gasteiger charge is 2.34. The first-order chi connectivity index (χ1) is 13.8. The largest absolute Gasteiger partial charge is 0.365 e. The summed E-state index contributed by atoms with van der Waals surface area (Å²) in [4.78, 5) is 49.2. The summed E-state index contributed by atoms with van der Waals surface area (Å²) >= 11 is 0. The fourth-order valence-corrected chi connectivity index (χ4v) is 3.32. The van der Waals surface area contributed by atoms with E-state index in [1.54, 1.807) is 4.90 Å². The summed E-state index contributed by atoms with van der Waals surface area (Å²) in [6, 6.07) is 10.3. The monoisotopic (exact) mass is 398 g/mol. The summed E-state index contributed by atoms with van der Waals surface area (Å²) in [6.07, 6.45) is 3.03. The van der Waals surface area contributed by atoms with E-state index in [2.05, 4.69) is 0 Å². The van der Waals surface area contributed by atoms with E-state index in [0.29, 0.717) is 12.5 Å². The highest BCUT2D eigenvalue weighted by molar-refractivity contribution is 5.93. The van der Waals surface area contributed by atoms with Crippen molar-refractivity contribution in [3.8, 4) is 0 Å². The Balaban J connectivity index is 1.92. The van der Waals surface area contributed by atoms with E-state index < -0.39 is 34.2 Å². The standard InChI is InChI=1S/C20H22N4O5/c1-13(15-7-8-15)23(10-14-5-3-2-4-6-14)18(25)12-22-11-16(24(28)29)9-17(19(21)26)20(22)27/h2-6,9,11,13,15H,7-8,10,12H2,1H3,(H2,21,26)/t13-/m1/s1. The van der Waals surface area contributed by atoms with Crippen molar-refractivity contribution in [3.63, 3.8) is 0 Å². The molecule has 1 heterocycles. The average Bonchev–Trinajstić information content (AvgIpc) is 3.52. The molecule has 9 heteroatoms. The summed E-state index contributed by atoms with van der Waals surface area (Å²) in [5.41, 5.74) is 4.30. The zero-order chi connectivity index (χ0) is 21.1. The predicted octanol–water partition coefficient (Wildman–Crippen LogP) is 1.68. The second kappa shape index (κ2) is 8.26. The van der Waals surface area contributed by atoms with Gasteiger partial charge in [-0.15, -0.1) is 0 Å². The molecule has 1 aliphatic carbocycles. The molecular weight excluding hydrogens is 376 g/mol. The van der Waals surface area contributed by atoms with E-state index in [0.717, 1.165) is 35.2 Å². The van der Waals surface area contributed by atoms with E-state index in [1.807, 2.05) is 37.3 Å². The van der Waals surface area contributed by atoms with E-state index in [4.69, 9.17) is 5.73 Å². The quantitative estimate of drug-likeness (QED) is 0.534. The number of primary amides is 1. The molecule has 2 aromatic rings. The summed E-state index contributed by atoms with van der Waals surface area (Å²) in [7, 11) is 0. The van der Waals surface area contributed by atoms with Crippen molar-refractivity contribution in [2.75, 3.05) is 0 Å². The Morgan fingerprint density at radius 1 is 1.31 bits per heavy atom. The molecule has 0 saturated heterocycles. The summed E-state index contributed by atoms with van der Waals surface area (Å²) in [6.45, 7) is 1.91. The minimum absolute atomic E-state index is 0.0345. The molecule has 3 rings (SSSR count). The molecule has 0 spiro atoms. The molecule has 1 aromatic carbocycles. The molecule has 2 N–H and O–H groups in total. The molecule has 2 amide bonds. The lowest BCUT2D eigenvalue weighted by molar-refractivity contribution is -0.385. The fraction of sp³-hybridized carbons (Fsp3) is 0.350. The molecule has 152 valence electrons. The SMILES string of the molecule is C[C@H](C1CC1)N(Cc1ccccc1)C(=O)Cn1cc([N+](=O)[O-])cc(C(N)=O)c1=O. The maximum Gasteiger partial charge on any atom is 0.286 e.